The Labute approximate surface area is 154 Å². The maximum atomic E-state index is 12.5. The van der Waals surface area contributed by atoms with E-state index in [9.17, 15) is 28.2 Å². The fourth-order valence-electron chi connectivity index (χ4n) is 2.32. The van der Waals surface area contributed by atoms with Gasteiger partial charge in [0, 0.05) is 19.8 Å². The van der Waals surface area contributed by atoms with E-state index >= 15 is 0 Å². The van der Waals surface area contributed by atoms with E-state index in [0.717, 1.165) is 9.47 Å². The van der Waals surface area contributed by atoms with Crippen LogP contribution in [0.3, 0.4) is 0 Å². The Morgan fingerprint density at radius 1 is 1.11 bits per heavy atom. The molecule has 1 aromatic carbocycles. The fourth-order valence-corrected chi connectivity index (χ4v) is 3.44. The van der Waals surface area contributed by atoms with Gasteiger partial charge in [-0.1, -0.05) is 0 Å². The molecule has 0 atom stereocenters. The number of aromatic nitrogens is 1. The van der Waals surface area contributed by atoms with Crippen molar-refractivity contribution in [3.63, 3.8) is 0 Å². The van der Waals surface area contributed by atoms with Gasteiger partial charge >= 0.3 is 6.09 Å². The van der Waals surface area contributed by atoms with Crippen LogP contribution in [0.15, 0.2) is 29.3 Å². The molecule has 0 unspecified atom stereocenters. The number of methoxy groups -OCH3 is 1. The average Bonchev–Trinajstić information content (AvgIpc) is 2.85. The molecule has 11 nitrogen and oxygen atoms in total. The Balaban J connectivity index is 2.89. The highest BCUT2D eigenvalue weighted by Crippen LogP contribution is 2.41. The molecule has 0 saturated heterocycles. The molecule has 0 aliphatic carbocycles. The van der Waals surface area contributed by atoms with Crippen LogP contribution in [0, 0.1) is 0 Å². The van der Waals surface area contributed by atoms with Crippen LogP contribution in [0.25, 0.3) is 5.69 Å². The molecule has 146 valence electrons. The second-order valence-corrected chi connectivity index (χ2v) is 7.09. The lowest BCUT2D eigenvalue weighted by molar-refractivity contribution is 0.0816. The number of benzene rings is 1. The summed E-state index contributed by atoms with van der Waals surface area (Å²) in [7, 11) is -0.721. The van der Waals surface area contributed by atoms with Crippen LogP contribution >= 0.6 is 0 Å². The molecule has 2 aromatic rings. The second-order valence-electron chi connectivity index (χ2n) is 5.49. The van der Waals surface area contributed by atoms with Crippen molar-refractivity contribution in [2.75, 3.05) is 21.2 Å². The number of amides is 2. The van der Waals surface area contributed by atoms with E-state index in [1.165, 1.54) is 50.2 Å². The molecule has 1 heterocycles. The van der Waals surface area contributed by atoms with Crippen LogP contribution in [0.1, 0.15) is 10.5 Å². The zero-order valence-corrected chi connectivity index (χ0v) is 15.3. The predicted octanol–water partition coefficient (Wildman–Crippen LogP) is 0.555. The highest BCUT2D eigenvalue weighted by atomic mass is 32.2. The number of carbonyl (C=O) groups excluding carboxylic acids is 1. The van der Waals surface area contributed by atoms with Gasteiger partial charge in [0.1, 0.15) is 5.75 Å². The van der Waals surface area contributed by atoms with Crippen LogP contribution in [0.5, 0.6) is 17.2 Å². The van der Waals surface area contributed by atoms with Gasteiger partial charge in [-0.05, 0) is 24.3 Å². The van der Waals surface area contributed by atoms with Crippen molar-refractivity contribution in [3.05, 3.63) is 30.0 Å². The number of ether oxygens (including phenoxy) is 1. The number of hydrogen-bond acceptors (Lipinski definition) is 7. The summed E-state index contributed by atoms with van der Waals surface area (Å²) in [5, 5.41) is 28.1. The highest BCUT2D eigenvalue weighted by Gasteiger charge is 2.36. The summed E-state index contributed by atoms with van der Waals surface area (Å²) < 4.78 is 31.8. The third-order valence-electron chi connectivity index (χ3n) is 3.49. The van der Waals surface area contributed by atoms with Crippen molar-refractivity contribution < 1.29 is 38.1 Å². The van der Waals surface area contributed by atoms with Gasteiger partial charge in [-0.3, -0.25) is 9.36 Å². The number of nitrogens with one attached hydrogen (secondary N) is 1. The number of carbonyl (C=O) groups is 2. The van der Waals surface area contributed by atoms with Crippen molar-refractivity contribution in [3.8, 4) is 22.9 Å². The highest BCUT2D eigenvalue weighted by molar-refractivity contribution is 7.90. The molecule has 0 fully saturated rings. The van der Waals surface area contributed by atoms with Gasteiger partial charge in [0.05, 0.1) is 7.11 Å². The van der Waals surface area contributed by atoms with Crippen LogP contribution in [0.2, 0.25) is 0 Å². The van der Waals surface area contributed by atoms with Gasteiger partial charge in [0.25, 0.3) is 15.9 Å². The summed E-state index contributed by atoms with van der Waals surface area (Å²) in [5.74, 6) is -2.57. The molecule has 27 heavy (non-hydrogen) atoms. The zero-order valence-electron chi connectivity index (χ0n) is 14.5. The Kier molecular flexibility index (Phi) is 5.21. The van der Waals surface area contributed by atoms with Crippen molar-refractivity contribution >= 4 is 22.0 Å². The van der Waals surface area contributed by atoms with Gasteiger partial charge in [-0.25, -0.2) is 9.52 Å². The Morgan fingerprint density at radius 2 is 1.67 bits per heavy atom. The Morgan fingerprint density at radius 3 is 2.11 bits per heavy atom. The largest absolute Gasteiger partial charge is 0.503 e. The van der Waals surface area contributed by atoms with E-state index in [1.807, 2.05) is 0 Å². The van der Waals surface area contributed by atoms with Crippen LogP contribution < -0.4 is 9.46 Å². The van der Waals surface area contributed by atoms with E-state index < -0.39 is 44.2 Å². The van der Waals surface area contributed by atoms with E-state index in [0.29, 0.717) is 5.75 Å². The quantitative estimate of drug-likeness (QED) is 0.567. The predicted molar refractivity (Wildman–Crippen MR) is 92.0 cm³/mol. The first kappa shape index (κ1) is 19.9. The second kappa shape index (κ2) is 7.07. The van der Waals surface area contributed by atoms with Crippen LogP contribution in [0.4, 0.5) is 4.79 Å². The molecular weight excluding hydrogens is 382 g/mol. The minimum absolute atomic E-state index is 0.0577. The standard InChI is InChI=1S/C15H17N3O8S/c1-17(2)13(21)10-11(19)12(20)14(27(24,25)16-15(22)23)18(10)8-4-6-9(26-3)7-5-8/h4-7,16,19-20H,1-3H3,(H,22,23). The first-order valence-electron chi connectivity index (χ1n) is 7.29. The molecular formula is C15H17N3O8S. The normalized spacial score (nSPS) is 11.1. The maximum Gasteiger partial charge on any atom is 0.418 e. The lowest BCUT2D eigenvalue weighted by Crippen LogP contribution is -2.31. The summed E-state index contributed by atoms with van der Waals surface area (Å²) in [6.07, 6.45) is -1.91. The third kappa shape index (κ3) is 3.60. The lowest BCUT2D eigenvalue weighted by Gasteiger charge is -2.16. The van der Waals surface area contributed by atoms with Gasteiger partial charge in [0.2, 0.25) is 5.03 Å². The van der Waals surface area contributed by atoms with E-state index in [2.05, 4.69) is 0 Å². The first-order chi connectivity index (χ1) is 12.5. The fraction of sp³-hybridized carbons (Fsp3) is 0.200. The van der Waals surface area contributed by atoms with Crippen molar-refractivity contribution in [2.24, 2.45) is 0 Å². The summed E-state index contributed by atoms with van der Waals surface area (Å²) in [6, 6.07) is 5.64. The molecule has 0 radical (unpaired) electrons. The summed E-state index contributed by atoms with van der Waals surface area (Å²) in [5.41, 5.74) is -0.504. The molecule has 1 aromatic heterocycles. The number of nitrogens with zero attached hydrogens (tertiary/aromatic N) is 2. The summed E-state index contributed by atoms with van der Waals surface area (Å²) in [4.78, 5) is 24.4. The van der Waals surface area contributed by atoms with E-state index in [1.54, 1.807) is 0 Å². The van der Waals surface area contributed by atoms with Gasteiger partial charge in [0.15, 0.2) is 17.2 Å². The summed E-state index contributed by atoms with van der Waals surface area (Å²) in [6.45, 7) is 0. The van der Waals surface area contributed by atoms with E-state index in [4.69, 9.17) is 9.84 Å². The monoisotopic (exact) mass is 399 g/mol. The molecule has 2 amide bonds. The molecule has 0 aliphatic heterocycles. The topological polar surface area (TPSA) is 158 Å². The number of hydrogen-bond donors (Lipinski definition) is 4. The number of aromatic hydroxyl groups is 2. The SMILES string of the molecule is COc1ccc(-n2c(C(=O)N(C)C)c(O)c(O)c2S(=O)(=O)NC(=O)O)cc1. The van der Waals surface area contributed by atoms with Crippen molar-refractivity contribution in [1.29, 1.82) is 0 Å². The number of carboxylic acid groups (broad SMARTS) is 1. The maximum absolute atomic E-state index is 12.5. The Hall–Kier alpha value is -3.41. The van der Waals surface area contributed by atoms with Crippen molar-refractivity contribution in [2.45, 2.75) is 5.03 Å². The molecule has 0 bridgehead atoms. The van der Waals surface area contributed by atoms with Crippen LogP contribution in [-0.4, -0.2) is 66.4 Å². The third-order valence-corrected chi connectivity index (χ3v) is 4.82. The minimum atomic E-state index is -4.84. The van der Waals surface area contributed by atoms with Gasteiger partial charge < -0.3 is 25.0 Å². The molecule has 12 heteroatoms. The van der Waals surface area contributed by atoms with Gasteiger partial charge in [-0.2, -0.15) is 8.42 Å². The molecule has 0 saturated carbocycles. The average molecular weight is 399 g/mol. The smallest absolute Gasteiger partial charge is 0.418 e. The minimum Gasteiger partial charge on any atom is -0.503 e. The molecule has 0 aliphatic rings. The number of sulfonamides is 1. The molecule has 0 spiro atoms. The van der Waals surface area contributed by atoms with Gasteiger partial charge in [-0.15, -0.1) is 0 Å². The molecule has 4 N–H and O–H groups in total. The van der Waals surface area contributed by atoms with Crippen LogP contribution in [-0.2, 0) is 10.0 Å². The van der Waals surface area contributed by atoms with Crippen molar-refractivity contribution in [1.82, 2.24) is 14.2 Å². The molecule has 2 rings (SSSR count). The first-order valence-corrected chi connectivity index (χ1v) is 8.78. The van der Waals surface area contributed by atoms with E-state index in [-0.39, 0.29) is 5.69 Å². The Bertz CT molecular complexity index is 993. The summed E-state index contributed by atoms with van der Waals surface area (Å²) >= 11 is 0. The zero-order chi connectivity index (χ0) is 20.5. The number of rotatable bonds is 5. The lowest BCUT2D eigenvalue weighted by atomic mass is 10.2.